The van der Waals surface area contributed by atoms with E-state index in [1.807, 2.05) is 0 Å². The molecule has 3 aliphatic carbocycles. The van der Waals surface area contributed by atoms with Crippen LogP contribution in [0.15, 0.2) is 12.2 Å². The van der Waals surface area contributed by atoms with E-state index in [2.05, 4.69) is 27.4 Å². The highest BCUT2D eigenvalue weighted by molar-refractivity contribution is 5.33. The Balaban J connectivity index is 1.91. The summed E-state index contributed by atoms with van der Waals surface area (Å²) in [6.45, 7) is 11.7. The number of allylic oxidation sites excluding steroid dienone is 1. The van der Waals surface area contributed by atoms with Gasteiger partial charge in [0.15, 0.2) is 0 Å². The van der Waals surface area contributed by atoms with E-state index >= 15 is 0 Å². The molecule has 0 aliphatic heterocycles. The Morgan fingerprint density at radius 1 is 1.33 bits per heavy atom. The van der Waals surface area contributed by atoms with E-state index in [1.165, 1.54) is 25.7 Å². The van der Waals surface area contributed by atoms with Gasteiger partial charge >= 0.3 is 0 Å². The summed E-state index contributed by atoms with van der Waals surface area (Å²) in [5.41, 5.74) is 2.34. The highest BCUT2D eigenvalue weighted by Gasteiger charge is 2.73. The van der Waals surface area contributed by atoms with Crippen LogP contribution in [-0.2, 0) is 0 Å². The third-order valence-corrected chi connectivity index (χ3v) is 5.94. The van der Waals surface area contributed by atoms with Gasteiger partial charge in [-0.3, -0.25) is 0 Å². The molecule has 3 fully saturated rings. The van der Waals surface area contributed by atoms with Gasteiger partial charge in [0, 0.05) is 0 Å². The molecular formula is C15H24. The third-order valence-electron chi connectivity index (χ3n) is 5.94. The van der Waals surface area contributed by atoms with Crippen LogP contribution in [0, 0.1) is 35.0 Å². The molecule has 0 N–H and O–H groups in total. The number of hydrogen-bond acceptors (Lipinski definition) is 0. The summed E-state index contributed by atoms with van der Waals surface area (Å²) in [6.07, 6.45) is 5.75. The van der Waals surface area contributed by atoms with Gasteiger partial charge in [-0.1, -0.05) is 32.9 Å². The van der Waals surface area contributed by atoms with Crippen molar-refractivity contribution in [1.29, 1.82) is 0 Å². The molecule has 15 heavy (non-hydrogen) atoms. The van der Waals surface area contributed by atoms with Crippen molar-refractivity contribution in [2.24, 2.45) is 35.0 Å². The number of fused-ring (bicyclic) bond motifs is 1. The number of hydrogen-bond donors (Lipinski definition) is 0. The molecule has 0 aromatic carbocycles. The van der Waals surface area contributed by atoms with E-state index in [4.69, 9.17) is 0 Å². The lowest BCUT2D eigenvalue weighted by atomic mass is 9.70. The summed E-state index contributed by atoms with van der Waals surface area (Å²) in [5, 5.41) is 0. The van der Waals surface area contributed by atoms with Gasteiger partial charge in [-0.2, -0.15) is 0 Å². The maximum atomic E-state index is 4.32. The van der Waals surface area contributed by atoms with Crippen LogP contribution >= 0.6 is 0 Å². The zero-order valence-electron chi connectivity index (χ0n) is 10.4. The van der Waals surface area contributed by atoms with Gasteiger partial charge in [-0.05, 0) is 60.7 Å². The van der Waals surface area contributed by atoms with E-state index in [0.717, 1.165) is 35.0 Å². The number of rotatable bonds is 1. The van der Waals surface area contributed by atoms with Crippen LogP contribution in [0.2, 0.25) is 0 Å². The summed E-state index contributed by atoms with van der Waals surface area (Å²) in [5.74, 6) is 4.83. The molecule has 0 heteroatoms. The average Bonchev–Trinajstić information content (AvgIpc) is 2.75. The molecule has 0 amide bonds. The van der Waals surface area contributed by atoms with Gasteiger partial charge in [0.05, 0.1) is 0 Å². The predicted molar refractivity (Wildman–Crippen MR) is 64.5 cm³/mol. The van der Waals surface area contributed by atoms with Crippen LogP contribution in [0.3, 0.4) is 0 Å². The molecule has 84 valence electrons. The molecule has 3 aliphatic rings. The van der Waals surface area contributed by atoms with E-state index < -0.39 is 0 Å². The first-order valence-electron chi connectivity index (χ1n) is 6.76. The molecule has 3 saturated carbocycles. The second kappa shape index (κ2) is 2.90. The molecule has 5 atom stereocenters. The molecule has 0 bridgehead atoms. The van der Waals surface area contributed by atoms with Crippen molar-refractivity contribution in [2.75, 3.05) is 0 Å². The van der Waals surface area contributed by atoms with Gasteiger partial charge < -0.3 is 0 Å². The monoisotopic (exact) mass is 204 g/mol. The summed E-state index contributed by atoms with van der Waals surface area (Å²) in [7, 11) is 0. The minimum Gasteiger partial charge on any atom is -0.0995 e. The first-order valence-corrected chi connectivity index (χ1v) is 6.76. The maximum Gasteiger partial charge on any atom is -0.0107 e. The van der Waals surface area contributed by atoms with Crippen LogP contribution in [0.5, 0.6) is 0 Å². The minimum absolute atomic E-state index is 0.740. The lowest BCUT2D eigenvalue weighted by Crippen LogP contribution is -2.27. The van der Waals surface area contributed by atoms with Crippen molar-refractivity contribution >= 4 is 0 Å². The van der Waals surface area contributed by atoms with Crippen molar-refractivity contribution in [2.45, 2.75) is 46.5 Å². The standard InChI is InChI=1S/C15H24/c1-9(2)12-6-5-11(4)15-8-7-10(3)13(15)14(12)15/h9,11-14H,3,5-8H2,1-2,4H3/t11-,12+,13+,14+,15+/m1/s1. The Morgan fingerprint density at radius 3 is 2.73 bits per heavy atom. The Bertz CT molecular complexity index is 301. The van der Waals surface area contributed by atoms with Crippen LogP contribution in [0.1, 0.15) is 46.5 Å². The highest BCUT2D eigenvalue weighted by atomic mass is 14.8. The molecule has 0 radical (unpaired) electrons. The molecule has 0 unspecified atom stereocenters. The Kier molecular flexibility index (Phi) is 1.92. The lowest BCUT2D eigenvalue weighted by Gasteiger charge is -2.35. The molecule has 0 heterocycles. The smallest absolute Gasteiger partial charge is 0.0107 e. The van der Waals surface area contributed by atoms with E-state index in [9.17, 15) is 0 Å². The second-order valence-corrected chi connectivity index (χ2v) is 6.66. The van der Waals surface area contributed by atoms with E-state index in [1.54, 1.807) is 5.57 Å². The maximum absolute atomic E-state index is 4.32. The normalized spacial score (nSPS) is 52.9. The topological polar surface area (TPSA) is 0 Å². The Labute approximate surface area is 94.1 Å². The molecule has 0 nitrogen and oxygen atoms in total. The van der Waals surface area contributed by atoms with Crippen LogP contribution in [0.25, 0.3) is 0 Å². The molecule has 0 aromatic rings. The highest BCUT2D eigenvalue weighted by Crippen LogP contribution is 2.79. The largest absolute Gasteiger partial charge is 0.0995 e. The van der Waals surface area contributed by atoms with Crippen LogP contribution in [-0.4, -0.2) is 0 Å². The predicted octanol–water partition coefficient (Wildman–Crippen LogP) is 4.27. The third kappa shape index (κ3) is 1.04. The van der Waals surface area contributed by atoms with Gasteiger partial charge in [0.25, 0.3) is 0 Å². The molecular weight excluding hydrogens is 180 g/mol. The van der Waals surface area contributed by atoms with Crippen LogP contribution < -0.4 is 0 Å². The fraction of sp³-hybridized carbons (Fsp3) is 0.867. The Morgan fingerprint density at radius 2 is 2.07 bits per heavy atom. The van der Waals surface area contributed by atoms with Crippen molar-refractivity contribution < 1.29 is 0 Å². The van der Waals surface area contributed by atoms with Gasteiger partial charge in [-0.15, -0.1) is 0 Å². The van der Waals surface area contributed by atoms with Gasteiger partial charge in [0.2, 0.25) is 0 Å². The fourth-order valence-electron chi connectivity index (χ4n) is 5.14. The zero-order chi connectivity index (χ0) is 10.8. The molecule has 3 rings (SSSR count). The van der Waals surface area contributed by atoms with Crippen molar-refractivity contribution in [3.63, 3.8) is 0 Å². The van der Waals surface area contributed by atoms with E-state index in [-0.39, 0.29) is 0 Å². The fourth-order valence-corrected chi connectivity index (χ4v) is 5.14. The molecule has 1 spiro atoms. The SMILES string of the molecule is C=C1CC[C@]23[C@@H]([C@H](C(C)C)CC[C@H]2C)[C@H]13. The second-order valence-electron chi connectivity index (χ2n) is 6.66. The minimum atomic E-state index is 0.740. The van der Waals surface area contributed by atoms with Crippen molar-refractivity contribution in [1.82, 2.24) is 0 Å². The molecule has 0 saturated heterocycles. The first kappa shape index (κ1) is 9.93. The summed E-state index contributed by atoms with van der Waals surface area (Å²) >= 11 is 0. The first-order chi connectivity index (χ1) is 7.09. The van der Waals surface area contributed by atoms with Crippen LogP contribution in [0.4, 0.5) is 0 Å². The summed E-state index contributed by atoms with van der Waals surface area (Å²) < 4.78 is 0. The average molecular weight is 204 g/mol. The van der Waals surface area contributed by atoms with Crippen molar-refractivity contribution in [3.05, 3.63) is 12.2 Å². The van der Waals surface area contributed by atoms with E-state index in [0.29, 0.717) is 0 Å². The lowest BCUT2D eigenvalue weighted by molar-refractivity contribution is 0.142. The van der Waals surface area contributed by atoms with Crippen molar-refractivity contribution in [3.8, 4) is 0 Å². The molecule has 0 aromatic heterocycles. The Hall–Kier alpha value is -0.260. The zero-order valence-corrected chi connectivity index (χ0v) is 10.4. The summed E-state index contributed by atoms with van der Waals surface area (Å²) in [6, 6.07) is 0. The summed E-state index contributed by atoms with van der Waals surface area (Å²) in [4.78, 5) is 0. The quantitative estimate of drug-likeness (QED) is 0.559. The van der Waals surface area contributed by atoms with Gasteiger partial charge in [-0.25, -0.2) is 0 Å². The van der Waals surface area contributed by atoms with Gasteiger partial charge in [0.1, 0.15) is 0 Å².